The van der Waals surface area contributed by atoms with Crippen LogP contribution in [0.3, 0.4) is 0 Å². The first-order valence-electron chi connectivity index (χ1n) is 12.2. The van der Waals surface area contributed by atoms with Crippen molar-refractivity contribution in [1.82, 2.24) is 9.55 Å². The smallest absolute Gasteiger partial charge is 0.122 e. The van der Waals surface area contributed by atoms with E-state index in [1.807, 2.05) is 30.3 Å². The summed E-state index contributed by atoms with van der Waals surface area (Å²) in [6.07, 6.45) is 2.79. The Balaban J connectivity index is 1.25. The van der Waals surface area contributed by atoms with Gasteiger partial charge in [0.15, 0.2) is 0 Å². The van der Waals surface area contributed by atoms with Gasteiger partial charge in [-0.05, 0) is 53.8 Å². The monoisotopic (exact) mass is 462 g/mol. The van der Waals surface area contributed by atoms with Crippen LogP contribution in [0, 0.1) is 0 Å². The Morgan fingerprint density at radius 2 is 1.46 bits per heavy atom. The lowest BCUT2D eigenvalue weighted by molar-refractivity contribution is 0.301. The van der Waals surface area contributed by atoms with Gasteiger partial charge in [0.1, 0.15) is 17.3 Å². The maximum atomic E-state index is 5.92. The Morgan fingerprint density at radius 1 is 0.714 bits per heavy atom. The summed E-state index contributed by atoms with van der Waals surface area (Å²) in [6.45, 7) is 1.59. The topological polar surface area (TPSA) is 36.3 Å². The van der Waals surface area contributed by atoms with Crippen molar-refractivity contribution in [2.75, 3.05) is 13.7 Å². The van der Waals surface area contributed by atoms with E-state index in [9.17, 15) is 0 Å². The molecule has 0 N–H and O–H groups in total. The number of para-hydroxylation sites is 2. The highest BCUT2D eigenvalue weighted by Crippen LogP contribution is 2.23. The molecule has 1 heterocycles. The fourth-order valence-electron chi connectivity index (χ4n) is 4.39. The molecule has 0 saturated heterocycles. The largest absolute Gasteiger partial charge is 0.497 e. The van der Waals surface area contributed by atoms with Crippen LogP contribution >= 0.6 is 0 Å². The van der Waals surface area contributed by atoms with E-state index in [0.29, 0.717) is 6.61 Å². The molecule has 5 aromatic rings. The van der Waals surface area contributed by atoms with Crippen molar-refractivity contribution in [3.63, 3.8) is 0 Å². The lowest BCUT2D eigenvalue weighted by Gasteiger charge is -2.11. The number of hydrogen-bond acceptors (Lipinski definition) is 3. The van der Waals surface area contributed by atoms with Gasteiger partial charge < -0.3 is 14.0 Å². The maximum Gasteiger partial charge on any atom is 0.122 e. The highest BCUT2D eigenvalue weighted by molar-refractivity contribution is 5.76. The predicted octanol–water partition coefficient (Wildman–Crippen LogP) is 7.16. The quantitative estimate of drug-likeness (QED) is 0.207. The molecular weight excluding hydrogens is 432 g/mol. The van der Waals surface area contributed by atoms with Crippen molar-refractivity contribution in [1.29, 1.82) is 0 Å². The van der Waals surface area contributed by atoms with Crippen LogP contribution < -0.4 is 9.47 Å². The third-order valence-corrected chi connectivity index (χ3v) is 6.24. The molecule has 4 nitrogen and oxygen atoms in total. The van der Waals surface area contributed by atoms with Crippen LogP contribution in [0.25, 0.3) is 22.2 Å². The van der Waals surface area contributed by atoms with Crippen LogP contribution in [-0.2, 0) is 13.0 Å². The molecule has 4 heteroatoms. The number of imidazole rings is 1. The molecule has 0 unspecified atom stereocenters. The minimum Gasteiger partial charge on any atom is -0.497 e. The molecule has 0 bridgehead atoms. The fourth-order valence-corrected chi connectivity index (χ4v) is 4.39. The average molecular weight is 463 g/mol. The van der Waals surface area contributed by atoms with Crippen molar-refractivity contribution in [2.24, 2.45) is 0 Å². The molecule has 1 aromatic heterocycles. The van der Waals surface area contributed by atoms with E-state index in [1.165, 1.54) is 22.2 Å². The summed E-state index contributed by atoms with van der Waals surface area (Å²) in [5, 5.41) is 0. The van der Waals surface area contributed by atoms with Crippen molar-refractivity contribution < 1.29 is 9.47 Å². The van der Waals surface area contributed by atoms with Gasteiger partial charge in [0.25, 0.3) is 0 Å². The zero-order chi connectivity index (χ0) is 23.9. The van der Waals surface area contributed by atoms with E-state index in [2.05, 4.69) is 77.4 Å². The molecule has 0 aliphatic rings. The van der Waals surface area contributed by atoms with Gasteiger partial charge in [-0.25, -0.2) is 4.98 Å². The van der Waals surface area contributed by atoms with E-state index in [4.69, 9.17) is 14.5 Å². The summed E-state index contributed by atoms with van der Waals surface area (Å²) < 4.78 is 13.6. The second-order valence-corrected chi connectivity index (χ2v) is 8.64. The number of aryl methyl sites for hydroxylation is 1. The SMILES string of the molecule is COc1cccc(OCCCCn2c(Cc3ccc(-c4ccccc4)cc3)nc3ccccc32)c1. The Kier molecular flexibility index (Phi) is 7.09. The molecule has 0 aliphatic heterocycles. The first-order valence-corrected chi connectivity index (χ1v) is 12.2. The maximum absolute atomic E-state index is 5.92. The zero-order valence-electron chi connectivity index (χ0n) is 20.1. The van der Waals surface area contributed by atoms with Crippen LogP contribution in [0.4, 0.5) is 0 Å². The van der Waals surface area contributed by atoms with Gasteiger partial charge in [-0.15, -0.1) is 0 Å². The Hall–Kier alpha value is -4.05. The minimum atomic E-state index is 0.677. The highest BCUT2D eigenvalue weighted by Gasteiger charge is 2.11. The molecule has 176 valence electrons. The van der Waals surface area contributed by atoms with E-state index < -0.39 is 0 Å². The van der Waals surface area contributed by atoms with E-state index >= 15 is 0 Å². The summed E-state index contributed by atoms with van der Waals surface area (Å²) in [5.41, 5.74) is 5.98. The Morgan fingerprint density at radius 3 is 2.29 bits per heavy atom. The third kappa shape index (κ3) is 5.55. The molecule has 35 heavy (non-hydrogen) atoms. The lowest BCUT2D eigenvalue weighted by Crippen LogP contribution is -2.07. The first kappa shape index (κ1) is 22.7. The lowest BCUT2D eigenvalue weighted by atomic mass is 10.0. The van der Waals surface area contributed by atoms with Crippen LogP contribution in [0.1, 0.15) is 24.2 Å². The number of hydrogen-bond donors (Lipinski definition) is 0. The molecule has 0 aliphatic carbocycles. The number of unbranched alkanes of at least 4 members (excludes halogenated alkanes) is 1. The molecule has 0 amide bonds. The van der Waals surface area contributed by atoms with Crippen LogP contribution in [-0.4, -0.2) is 23.3 Å². The number of aromatic nitrogens is 2. The third-order valence-electron chi connectivity index (χ3n) is 6.24. The minimum absolute atomic E-state index is 0.677. The number of ether oxygens (including phenoxy) is 2. The molecule has 0 fully saturated rings. The van der Waals surface area contributed by atoms with Gasteiger partial charge >= 0.3 is 0 Å². The first-order chi connectivity index (χ1) is 17.3. The van der Waals surface area contributed by atoms with Crippen LogP contribution in [0.5, 0.6) is 11.5 Å². The van der Waals surface area contributed by atoms with E-state index in [-0.39, 0.29) is 0 Å². The molecule has 4 aromatic carbocycles. The summed E-state index contributed by atoms with van der Waals surface area (Å²) in [7, 11) is 1.67. The van der Waals surface area contributed by atoms with Gasteiger partial charge in [-0.2, -0.15) is 0 Å². The molecule has 5 rings (SSSR count). The summed E-state index contributed by atoms with van der Waals surface area (Å²) in [4.78, 5) is 4.97. The number of nitrogens with zero attached hydrogens (tertiary/aromatic N) is 2. The van der Waals surface area contributed by atoms with Gasteiger partial charge in [0.05, 0.1) is 24.8 Å². The number of methoxy groups -OCH3 is 1. The van der Waals surface area contributed by atoms with Gasteiger partial charge in [-0.1, -0.05) is 72.8 Å². The van der Waals surface area contributed by atoms with Crippen LogP contribution in [0.15, 0.2) is 103 Å². The molecular formula is C31H30N2O2. The summed E-state index contributed by atoms with van der Waals surface area (Å²) in [5.74, 6) is 2.76. The molecule has 0 spiro atoms. The summed E-state index contributed by atoms with van der Waals surface area (Å²) in [6, 6.07) is 35.5. The van der Waals surface area contributed by atoms with Gasteiger partial charge in [-0.3, -0.25) is 0 Å². The highest BCUT2D eigenvalue weighted by atomic mass is 16.5. The average Bonchev–Trinajstić information content (AvgIpc) is 3.26. The Bertz CT molecular complexity index is 1370. The van der Waals surface area contributed by atoms with Crippen molar-refractivity contribution in [2.45, 2.75) is 25.8 Å². The van der Waals surface area contributed by atoms with Crippen LogP contribution in [0.2, 0.25) is 0 Å². The fraction of sp³-hybridized carbons (Fsp3) is 0.194. The molecule has 0 saturated carbocycles. The predicted molar refractivity (Wildman–Crippen MR) is 142 cm³/mol. The van der Waals surface area contributed by atoms with Gasteiger partial charge in [0, 0.05) is 19.0 Å². The number of rotatable bonds is 10. The van der Waals surface area contributed by atoms with Crippen molar-refractivity contribution in [3.05, 3.63) is 115 Å². The zero-order valence-corrected chi connectivity index (χ0v) is 20.1. The Labute approximate surface area is 206 Å². The molecule has 0 radical (unpaired) electrons. The molecule has 0 atom stereocenters. The van der Waals surface area contributed by atoms with Gasteiger partial charge in [0.2, 0.25) is 0 Å². The number of benzene rings is 4. The van der Waals surface area contributed by atoms with E-state index in [0.717, 1.165) is 48.6 Å². The summed E-state index contributed by atoms with van der Waals surface area (Å²) >= 11 is 0. The normalized spacial score (nSPS) is 11.0. The number of fused-ring (bicyclic) bond motifs is 1. The standard InChI is InChI=1S/C31H30N2O2/c1-34-27-12-9-13-28(23-27)35-21-8-7-20-33-30-15-6-5-14-29(30)32-31(33)22-24-16-18-26(19-17-24)25-10-3-2-4-11-25/h2-6,9-19,23H,7-8,20-22H2,1H3. The van der Waals surface area contributed by atoms with E-state index in [1.54, 1.807) is 7.11 Å². The van der Waals surface area contributed by atoms with Crippen molar-refractivity contribution >= 4 is 11.0 Å². The second-order valence-electron chi connectivity index (χ2n) is 8.64. The second kappa shape index (κ2) is 10.9. The van der Waals surface area contributed by atoms with Crippen molar-refractivity contribution in [3.8, 4) is 22.6 Å².